The quantitative estimate of drug-likeness (QED) is 0.800. The number of nitrogens with zero attached hydrogens (tertiary/aromatic N) is 2. The van der Waals surface area contributed by atoms with Crippen LogP contribution >= 0.6 is 0 Å². The predicted octanol–water partition coefficient (Wildman–Crippen LogP) is 1.41. The van der Waals surface area contributed by atoms with E-state index in [4.69, 9.17) is 0 Å². The average Bonchev–Trinajstić information content (AvgIpc) is 2.97. The van der Waals surface area contributed by atoms with Gasteiger partial charge in [-0.15, -0.1) is 0 Å². The molecule has 132 valence electrons. The minimum absolute atomic E-state index is 0.171. The Morgan fingerprint density at radius 3 is 2.16 bits per heavy atom. The van der Waals surface area contributed by atoms with Crippen LogP contribution in [0, 0.1) is 6.92 Å². The van der Waals surface area contributed by atoms with Crippen molar-refractivity contribution in [1.82, 2.24) is 20.0 Å². The predicted molar refractivity (Wildman–Crippen MR) is 80.2 cm³/mol. The first-order valence-electron chi connectivity index (χ1n) is 7.16. The number of rotatable bonds is 2. The third-order valence-corrected chi connectivity index (χ3v) is 4.11. The summed E-state index contributed by atoms with van der Waals surface area (Å²) in [6.45, 7) is 1.24. The molecule has 1 fully saturated rings. The van der Waals surface area contributed by atoms with Gasteiger partial charge in [0.1, 0.15) is 0 Å². The molecule has 1 aromatic carbocycles. The molecule has 1 aromatic heterocycles. The first kappa shape index (κ1) is 16.8. The van der Waals surface area contributed by atoms with Gasteiger partial charge in [-0.3, -0.25) is 19.6 Å². The van der Waals surface area contributed by atoms with Crippen LogP contribution in [-0.2, 0) is 10.3 Å². The Morgan fingerprint density at radius 2 is 1.68 bits per heavy atom. The summed E-state index contributed by atoms with van der Waals surface area (Å²) in [5.74, 6) is -1.55. The number of hydrogen-bond donors (Lipinski definition) is 2. The molecule has 0 spiro atoms. The molecular weight excluding hydrogens is 341 g/mol. The van der Waals surface area contributed by atoms with Gasteiger partial charge in [-0.2, -0.15) is 13.2 Å². The fourth-order valence-electron chi connectivity index (χ4n) is 2.89. The van der Waals surface area contributed by atoms with Gasteiger partial charge in [0.2, 0.25) is 5.54 Å². The summed E-state index contributed by atoms with van der Waals surface area (Å²) in [6.07, 6.45) is -5.20. The van der Waals surface area contributed by atoms with Crippen LogP contribution in [0.4, 0.5) is 18.0 Å². The minimum Gasteiger partial charge on any atom is -0.312 e. The van der Waals surface area contributed by atoms with E-state index in [0.29, 0.717) is 10.6 Å². The first-order valence-corrected chi connectivity index (χ1v) is 7.16. The smallest absolute Gasteiger partial charge is 0.312 e. The number of imide groups is 1. The monoisotopic (exact) mass is 354 g/mol. The molecule has 0 saturated carbocycles. The van der Waals surface area contributed by atoms with Crippen molar-refractivity contribution in [3.8, 4) is 5.69 Å². The van der Waals surface area contributed by atoms with Crippen LogP contribution in [0.25, 0.3) is 5.69 Å². The normalized spacial score (nSPS) is 20.9. The molecule has 2 N–H and O–H groups in total. The van der Waals surface area contributed by atoms with Gasteiger partial charge in [-0.1, -0.05) is 18.2 Å². The van der Waals surface area contributed by atoms with Crippen LogP contribution in [0.15, 0.2) is 35.1 Å². The van der Waals surface area contributed by atoms with Crippen LogP contribution in [0.1, 0.15) is 11.3 Å². The van der Waals surface area contributed by atoms with E-state index in [1.807, 2.05) is 0 Å². The SMILES string of the molecule is Cc1[nH]n(-c2ccccc2)c(=O)c1[C@]1(C(F)(F)F)NC(=O)N(C)C1=O. The van der Waals surface area contributed by atoms with Crippen molar-refractivity contribution >= 4 is 11.9 Å². The number of aromatic nitrogens is 2. The van der Waals surface area contributed by atoms with Gasteiger partial charge in [-0.25, -0.2) is 9.48 Å². The van der Waals surface area contributed by atoms with Gasteiger partial charge in [0, 0.05) is 12.7 Å². The van der Waals surface area contributed by atoms with E-state index in [0.717, 1.165) is 11.7 Å². The number of carbonyl (C=O) groups is 2. The molecule has 0 bridgehead atoms. The topological polar surface area (TPSA) is 87.2 Å². The Labute approximate surface area is 139 Å². The molecule has 10 heteroatoms. The third kappa shape index (κ3) is 2.17. The number of para-hydroxylation sites is 1. The molecule has 1 atom stereocenters. The fourth-order valence-corrected chi connectivity index (χ4v) is 2.89. The zero-order valence-corrected chi connectivity index (χ0v) is 13.1. The molecule has 1 aliphatic heterocycles. The number of carbonyl (C=O) groups excluding carboxylic acids is 2. The van der Waals surface area contributed by atoms with Crippen LogP contribution < -0.4 is 10.9 Å². The Kier molecular flexibility index (Phi) is 3.52. The van der Waals surface area contributed by atoms with Gasteiger partial charge >= 0.3 is 12.2 Å². The lowest BCUT2D eigenvalue weighted by Gasteiger charge is -2.27. The van der Waals surface area contributed by atoms with Crippen LogP contribution in [0.2, 0.25) is 0 Å². The standard InChI is InChI=1S/C15H13F3N4O3/c1-8-10(11(23)22(20-8)9-6-4-3-5-7-9)14(15(16,17)18)12(24)21(2)13(25)19-14/h3-7,20H,1-2H3,(H,19,25)/t14-/m0/s1. The molecule has 1 aliphatic rings. The van der Waals surface area contributed by atoms with Crippen LogP contribution in [0.3, 0.4) is 0 Å². The maximum Gasteiger partial charge on any atom is 0.425 e. The summed E-state index contributed by atoms with van der Waals surface area (Å²) >= 11 is 0. The number of urea groups is 1. The number of aromatic amines is 1. The number of likely N-dealkylation sites (N-methyl/N-ethyl adjacent to an activating group) is 1. The molecule has 3 amide bonds. The Bertz CT molecular complexity index is 916. The van der Waals surface area contributed by atoms with Gasteiger partial charge < -0.3 is 5.32 Å². The summed E-state index contributed by atoms with van der Waals surface area (Å²) in [4.78, 5) is 37.0. The van der Waals surface area contributed by atoms with Crippen molar-refractivity contribution in [2.45, 2.75) is 18.6 Å². The van der Waals surface area contributed by atoms with E-state index in [1.165, 1.54) is 19.1 Å². The summed E-state index contributed by atoms with van der Waals surface area (Å²) in [7, 11) is 0.920. The summed E-state index contributed by atoms with van der Waals surface area (Å²) < 4.78 is 42.4. The highest BCUT2D eigenvalue weighted by molar-refractivity contribution is 6.07. The molecule has 0 aliphatic carbocycles. The highest BCUT2D eigenvalue weighted by Gasteiger charge is 2.70. The van der Waals surface area contributed by atoms with E-state index in [-0.39, 0.29) is 5.69 Å². The van der Waals surface area contributed by atoms with Crippen molar-refractivity contribution < 1.29 is 22.8 Å². The molecule has 2 heterocycles. The number of nitrogens with one attached hydrogen (secondary N) is 2. The zero-order chi connectivity index (χ0) is 18.6. The lowest BCUT2D eigenvalue weighted by molar-refractivity contribution is -0.198. The molecule has 0 radical (unpaired) electrons. The third-order valence-electron chi connectivity index (χ3n) is 4.11. The fraction of sp³-hybridized carbons (Fsp3) is 0.267. The second-order valence-electron chi connectivity index (χ2n) is 5.63. The Morgan fingerprint density at radius 1 is 1.08 bits per heavy atom. The van der Waals surface area contributed by atoms with Crippen LogP contribution in [-0.4, -0.2) is 39.8 Å². The number of amides is 3. The lowest BCUT2D eigenvalue weighted by atomic mass is 9.89. The van der Waals surface area contributed by atoms with E-state index in [1.54, 1.807) is 23.5 Å². The maximum atomic E-state index is 13.8. The first-order chi connectivity index (χ1) is 11.6. The highest BCUT2D eigenvalue weighted by atomic mass is 19.4. The van der Waals surface area contributed by atoms with Crippen LogP contribution in [0.5, 0.6) is 0 Å². The van der Waals surface area contributed by atoms with Gasteiger partial charge in [0.05, 0.1) is 11.3 Å². The molecule has 2 aromatic rings. The number of H-pyrrole nitrogens is 1. The van der Waals surface area contributed by atoms with E-state index >= 15 is 0 Å². The summed E-state index contributed by atoms with van der Waals surface area (Å²) in [5, 5.41) is 4.18. The second-order valence-corrected chi connectivity index (χ2v) is 5.63. The van der Waals surface area contributed by atoms with Crippen molar-refractivity contribution in [2.75, 3.05) is 7.05 Å². The summed E-state index contributed by atoms with van der Waals surface area (Å²) in [5.41, 5.74) is -5.22. The number of halogens is 3. The molecule has 0 unspecified atom stereocenters. The van der Waals surface area contributed by atoms with Gasteiger partial charge in [0.15, 0.2) is 0 Å². The molecule has 3 rings (SSSR count). The number of alkyl halides is 3. The Hall–Kier alpha value is -3.04. The zero-order valence-electron chi connectivity index (χ0n) is 13.1. The highest BCUT2D eigenvalue weighted by Crippen LogP contribution is 2.42. The lowest BCUT2D eigenvalue weighted by Crippen LogP contribution is -2.58. The maximum absolute atomic E-state index is 13.8. The van der Waals surface area contributed by atoms with Crippen molar-refractivity contribution in [3.05, 3.63) is 51.9 Å². The number of aryl methyl sites for hydroxylation is 1. The van der Waals surface area contributed by atoms with Gasteiger partial charge in [0.25, 0.3) is 11.5 Å². The van der Waals surface area contributed by atoms with Crippen molar-refractivity contribution in [2.24, 2.45) is 0 Å². The number of hydrogen-bond acceptors (Lipinski definition) is 3. The Balaban J connectivity index is 2.31. The van der Waals surface area contributed by atoms with Crippen molar-refractivity contribution in [3.63, 3.8) is 0 Å². The minimum atomic E-state index is -5.20. The molecular formula is C15H13F3N4O3. The average molecular weight is 354 g/mol. The van der Waals surface area contributed by atoms with Gasteiger partial charge in [-0.05, 0) is 19.1 Å². The largest absolute Gasteiger partial charge is 0.425 e. The second kappa shape index (κ2) is 5.23. The molecule has 1 saturated heterocycles. The van der Waals surface area contributed by atoms with E-state index in [9.17, 15) is 27.6 Å². The summed E-state index contributed by atoms with van der Waals surface area (Å²) in [6, 6.07) is 6.69. The van der Waals surface area contributed by atoms with Crippen molar-refractivity contribution in [1.29, 1.82) is 0 Å². The molecule has 7 nitrogen and oxygen atoms in total. The molecule has 25 heavy (non-hydrogen) atoms. The van der Waals surface area contributed by atoms with E-state index in [2.05, 4.69) is 5.10 Å². The van der Waals surface area contributed by atoms with E-state index < -0.39 is 34.8 Å². The number of benzene rings is 1.